The topological polar surface area (TPSA) is 55.8 Å². The number of benzene rings is 3. The second-order valence-corrected chi connectivity index (χ2v) is 10.8. The number of aldehydes is 1. The molecule has 1 amide bonds. The number of ether oxygens (including phenoxy) is 2. The quantitative estimate of drug-likeness (QED) is 0.121. The van der Waals surface area contributed by atoms with Gasteiger partial charge in [-0.15, -0.1) is 0 Å². The number of methoxy groups -OCH3 is 1. The molecule has 1 heterocycles. The van der Waals surface area contributed by atoms with Gasteiger partial charge in [-0.25, -0.2) is 0 Å². The number of hydrogen-bond donors (Lipinski definition) is 0. The average molecular weight is 556 g/mol. The van der Waals surface area contributed by atoms with Gasteiger partial charge in [0.05, 0.1) is 13.7 Å². The number of hydrogen-bond acceptors (Lipinski definition) is 5. The van der Waals surface area contributed by atoms with Crippen LogP contribution in [0.5, 0.6) is 5.75 Å². The summed E-state index contributed by atoms with van der Waals surface area (Å²) in [6, 6.07) is 20.5. The number of thioether (sulfide) groups is 1. The molecule has 0 bridgehead atoms. The summed E-state index contributed by atoms with van der Waals surface area (Å²) in [5.41, 5.74) is 4.24. The maximum absolute atomic E-state index is 12.3. The third-order valence-electron chi connectivity index (χ3n) is 7.12. The molecule has 1 aliphatic heterocycles. The van der Waals surface area contributed by atoms with E-state index >= 15 is 0 Å². The number of carbonyl (C=O) groups is 2. The summed E-state index contributed by atoms with van der Waals surface area (Å²) >= 11 is 1.38. The van der Waals surface area contributed by atoms with Crippen LogP contribution >= 0.6 is 11.8 Å². The van der Waals surface area contributed by atoms with Gasteiger partial charge in [0.2, 0.25) is 6.41 Å². The lowest BCUT2D eigenvalue weighted by atomic mass is 9.97. The van der Waals surface area contributed by atoms with Crippen molar-refractivity contribution in [2.24, 2.45) is 0 Å². The van der Waals surface area contributed by atoms with Crippen molar-refractivity contribution in [2.45, 2.75) is 52.9 Å². The maximum Gasteiger partial charge on any atom is 0.219 e. The van der Waals surface area contributed by atoms with Gasteiger partial charge in [-0.1, -0.05) is 92.6 Å². The van der Waals surface area contributed by atoms with E-state index in [0.717, 1.165) is 47.1 Å². The van der Waals surface area contributed by atoms with Gasteiger partial charge in [-0.3, -0.25) is 14.5 Å². The lowest BCUT2D eigenvalue weighted by Gasteiger charge is -2.19. The first-order valence-corrected chi connectivity index (χ1v) is 14.6. The fourth-order valence-corrected chi connectivity index (χ4v) is 6.22. The molecule has 0 saturated carbocycles. The smallest absolute Gasteiger partial charge is 0.219 e. The number of fused-ring (bicyclic) bond motifs is 1. The first kappa shape index (κ1) is 29.2. The van der Waals surface area contributed by atoms with Crippen molar-refractivity contribution in [1.82, 2.24) is 4.90 Å². The molecule has 208 valence electrons. The Morgan fingerprint density at radius 3 is 2.50 bits per heavy atom. The molecule has 5 nitrogen and oxygen atoms in total. The summed E-state index contributed by atoms with van der Waals surface area (Å²) in [6.45, 7) is 6.84. The van der Waals surface area contributed by atoms with Crippen LogP contribution in [0.2, 0.25) is 0 Å². The molecule has 3 aromatic rings. The van der Waals surface area contributed by atoms with Crippen LogP contribution in [-0.2, 0) is 20.7 Å². The molecule has 3 aromatic carbocycles. The zero-order chi connectivity index (χ0) is 28.5. The van der Waals surface area contributed by atoms with E-state index in [-0.39, 0.29) is 0 Å². The van der Waals surface area contributed by atoms with Crippen molar-refractivity contribution >= 4 is 40.1 Å². The van der Waals surface area contributed by atoms with Gasteiger partial charge in [0.25, 0.3) is 0 Å². The predicted molar refractivity (Wildman–Crippen MR) is 165 cm³/mol. The number of unbranched alkanes of at least 4 members (excludes halogenated alkanes) is 3. The number of nitrogens with zero attached hydrogens (tertiary/aromatic N) is 1. The zero-order valence-electron chi connectivity index (χ0n) is 23.7. The zero-order valence-corrected chi connectivity index (χ0v) is 24.6. The molecule has 0 atom stereocenters. The second-order valence-electron chi connectivity index (χ2n) is 9.77. The summed E-state index contributed by atoms with van der Waals surface area (Å²) < 4.78 is 11.9. The first-order valence-electron chi connectivity index (χ1n) is 13.8. The van der Waals surface area contributed by atoms with E-state index in [1.807, 2.05) is 50.3 Å². The average Bonchev–Trinajstić information content (AvgIpc) is 3.36. The molecule has 4 rings (SSSR count). The van der Waals surface area contributed by atoms with Crippen molar-refractivity contribution in [3.8, 4) is 5.75 Å². The minimum atomic E-state index is 0.304. The minimum absolute atomic E-state index is 0.304. The molecule has 0 saturated heterocycles. The van der Waals surface area contributed by atoms with Gasteiger partial charge in [0.1, 0.15) is 16.5 Å². The van der Waals surface area contributed by atoms with Crippen LogP contribution < -0.4 is 4.74 Å². The van der Waals surface area contributed by atoms with Gasteiger partial charge in [0.15, 0.2) is 12.0 Å². The molecule has 0 aromatic heterocycles. The van der Waals surface area contributed by atoms with Crippen LogP contribution in [-0.4, -0.2) is 31.3 Å². The Kier molecular flexibility index (Phi) is 10.3. The first-order chi connectivity index (χ1) is 19.6. The minimum Gasteiger partial charge on any atom is -0.494 e. The van der Waals surface area contributed by atoms with E-state index < -0.39 is 0 Å². The molecular weight excluding hydrogens is 518 g/mol. The summed E-state index contributed by atoms with van der Waals surface area (Å²) in [7, 11) is 1.61. The van der Waals surface area contributed by atoms with Crippen molar-refractivity contribution in [3.63, 3.8) is 0 Å². The lowest BCUT2D eigenvalue weighted by molar-refractivity contribution is -0.117. The summed E-state index contributed by atoms with van der Waals surface area (Å²) in [6.07, 6.45) is 8.64. The second kappa shape index (κ2) is 14.0. The van der Waals surface area contributed by atoms with Gasteiger partial charge < -0.3 is 9.47 Å². The maximum atomic E-state index is 12.3. The Hall–Kier alpha value is -3.77. The number of amides is 1. The third kappa shape index (κ3) is 6.34. The molecule has 0 unspecified atom stereocenters. The van der Waals surface area contributed by atoms with Gasteiger partial charge in [-0.05, 0) is 65.4 Å². The fraction of sp³-hybridized carbons (Fsp3) is 0.294. The van der Waals surface area contributed by atoms with Gasteiger partial charge in [-0.2, -0.15) is 0 Å². The van der Waals surface area contributed by atoms with E-state index in [4.69, 9.17) is 9.47 Å². The number of rotatable bonds is 13. The van der Waals surface area contributed by atoms with Crippen molar-refractivity contribution in [3.05, 3.63) is 105 Å². The third-order valence-corrected chi connectivity index (χ3v) is 8.34. The molecular formula is C34H37NO4S. The van der Waals surface area contributed by atoms with Crippen LogP contribution in [0.25, 0.3) is 15.7 Å². The highest BCUT2D eigenvalue weighted by molar-refractivity contribution is 8.12. The van der Waals surface area contributed by atoms with Crippen LogP contribution in [0.15, 0.2) is 88.8 Å². The van der Waals surface area contributed by atoms with E-state index in [2.05, 4.69) is 37.3 Å². The van der Waals surface area contributed by atoms with E-state index in [9.17, 15) is 9.59 Å². The molecule has 6 heteroatoms. The summed E-state index contributed by atoms with van der Waals surface area (Å²) in [5.74, 6) is 1.41. The van der Waals surface area contributed by atoms with E-state index in [0.29, 0.717) is 40.8 Å². The Balaban J connectivity index is 1.64. The number of carbonyl (C=O) groups excluding carboxylic acids is 2. The van der Waals surface area contributed by atoms with E-state index in [1.54, 1.807) is 7.11 Å². The van der Waals surface area contributed by atoms with Crippen molar-refractivity contribution < 1.29 is 19.1 Å². The van der Waals surface area contributed by atoms with Crippen molar-refractivity contribution in [2.75, 3.05) is 13.7 Å². The molecule has 0 spiro atoms. The largest absolute Gasteiger partial charge is 0.494 e. The highest BCUT2D eigenvalue weighted by atomic mass is 32.2. The summed E-state index contributed by atoms with van der Waals surface area (Å²) in [4.78, 5) is 26.7. The molecule has 1 aliphatic rings. The SMILES string of the molecule is C/C=C(Cc1cccc2ccccc12)\C(OC)=C1\SC(c2ccc(OCCCCCC)c(C)c2)=C(C=O)N1C=O. The fourth-order valence-electron chi connectivity index (χ4n) is 4.98. The van der Waals surface area contributed by atoms with Crippen LogP contribution in [0.3, 0.4) is 0 Å². The highest BCUT2D eigenvalue weighted by Gasteiger charge is 2.33. The van der Waals surface area contributed by atoms with Crippen LogP contribution in [0, 0.1) is 6.92 Å². The molecule has 0 N–H and O–H groups in total. The van der Waals surface area contributed by atoms with E-state index in [1.165, 1.54) is 40.3 Å². The Labute approximate surface area is 241 Å². The highest BCUT2D eigenvalue weighted by Crippen LogP contribution is 2.48. The Bertz CT molecular complexity index is 1460. The Morgan fingerprint density at radius 2 is 1.80 bits per heavy atom. The normalized spacial score (nSPS) is 15.0. The number of allylic oxidation sites excluding steroid dienone is 3. The lowest BCUT2D eigenvalue weighted by Crippen LogP contribution is -2.19. The Morgan fingerprint density at radius 1 is 1.00 bits per heavy atom. The predicted octanol–water partition coefficient (Wildman–Crippen LogP) is 8.18. The molecule has 0 radical (unpaired) electrons. The molecule has 0 aliphatic carbocycles. The number of aryl methyl sites for hydroxylation is 1. The van der Waals surface area contributed by atoms with Crippen LogP contribution in [0.1, 0.15) is 56.2 Å². The van der Waals surface area contributed by atoms with Gasteiger partial charge in [0, 0.05) is 11.3 Å². The molecule has 40 heavy (non-hydrogen) atoms. The van der Waals surface area contributed by atoms with Gasteiger partial charge >= 0.3 is 0 Å². The van der Waals surface area contributed by atoms with Crippen LogP contribution in [0.4, 0.5) is 0 Å². The van der Waals surface area contributed by atoms with Crippen molar-refractivity contribution in [1.29, 1.82) is 0 Å². The summed E-state index contributed by atoms with van der Waals surface area (Å²) in [5, 5.41) is 2.92. The standard InChI is InChI=1S/C34H37NO4S/c1-5-7-8-11-19-39-31-18-17-28(20-24(31)3)33-30(22-36)35(23-37)34(40-33)32(38-4)25(6-2)21-27-15-12-14-26-13-9-10-16-29(26)27/h6,9-10,12-18,20,22-23H,5,7-8,11,19,21H2,1-4H3/b25-6-,34-32-. The monoisotopic (exact) mass is 555 g/mol. The molecule has 0 fully saturated rings.